The first-order chi connectivity index (χ1) is 12.1. The van der Waals surface area contributed by atoms with Crippen LogP contribution in [-0.4, -0.2) is 44.9 Å². The molecule has 1 fully saturated rings. The van der Waals surface area contributed by atoms with Gasteiger partial charge in [-0.2, -0.15) is 0 Å². The van der Waals surface area contributed by atoms with Gasteiger partial charge in [-0.15, -0.1) is 10.2 Å². The summed E-state index contributed by atoms with van der Waals surface area (Å²) in [4.78, 5) is 27.3. The van der Waals surface area contributed by atoms with Crippen molar-refractivity contribution in [2.75, 3.05) is 13.1 Å². The predicted molar refractivity (Wildman–Crippen MR) is 88.7 cm³/mol. The number of halogens is 1. The Bertz CT molecular complexity index is 918. The Morgan fingerprint density at radius 1 is 1.12 bits per heavy atom. The van der Waals surface area contributed by atoms with Gasteiger partial charge in [-0.05, 0) is 0 Å². The zero-order valence-corrected chi connectivity index (χ0v) is 13.9. The van der Waals surface area contributed by atoms with Gasteiger partial charge >= 0.3 is 11.8 Å². The fraction of sp³-hybridized carbons (Fsp3) is 0.235. The SMILES string of the molecule is O=C1C(=O)N(C2=C=C(F)C2)CCN1Cc1nnc(-c2ccccc2)s1. The second-order valence-electron chi connectivity index (χ2n) is 5.70. The molecular weight excluding hydrogens is 343 g/mol. The molecule has 0 spiro atoms. The van der Waals surface area contributed by atoms with E-state index in [-0.39, 0.29) is 18.8 Å². The first-order valence-corrected chi connectivity index (χ1v) is 8.56. The molecule has 25 heavy (non-hydrogen) atoms. The lowest BCUT2D eigenvalue weighted by molar-refractivity contribution is -0.155. The number of hydrogen-bond acceptors (Lipinski definition) is 5. The number of amides is 2. The van der Waals surface area contributed by atoms with Crippen LogP contribution in [0, 0.1) is 0 Å². The number of hydrogen-bond donors (Lipinski definition) is 0. The number of carbonyl (C=O) groups is 2. The Labute approximate surface area is 146 Å². The number of nitrogens with zero attached hydrogens (tertiary/aromatic N) is 4. The standard InChI is InChI=1S/C17H13FN4O2S/c18-12-8-13(9-12)22-7-6-21(16(23)17(22)24)10-14-19-20-15(25-14)11-4-2-1-3-5-11/h1-5H,6-8,10H2. The van der Waals surface area contributed by atoms with E-state index in [9.17, 15) is 14.0 Å². The van der Waals surface area contributed by atoms with Gasteiger partial charge in [0.2, 0.25) is 0 Å². The van der Waals surface area contributed by atoms with Crippen LogP contribution < -0.4 is 0 Å². The van der Waals surface area contributed by atoms with Crippen molar-refractivity contribution in [3.8, 4) is 10.6 Å². The third-order valence-corrected chi connectivity index (χ3v) is 5.01. The van der Waals surface area contributed by atoms with Gasteiger partial charge in [0.25, 0.3) is 0 Å². The second-order valence-corrected chi connectivity index (χ2v) is 6.77. The maximum absolute atomic E-state index is 12.8. The molecule has 1 aliphatic heterocycles. The Balaban J connectivity index is 1.46. The van der Waals surface area contributed by atoms with Crippen molar-refractivity contribution in [2.45, 2.75) is 13.0 Å². The Kier molecular flexibility index (Phi) is 3.91. The van der Waals surface area contributed by atoms with Crippen LogP contribution in [0.2, 0.25) is 0 Å². The van der Waals surface area contributed by atoms with E-state index in [1.165, 1.54) is 21.1 Å². The largest absolute Gasteiger partial charge is 0.326 e. The minimum Gasteiger partial charge on any atom is -0.326 e. The molecule has 8 heteroatoms. The van der Waals surface area contributed by atoms with Crippen molar-refractivity contribution >= 4 is 23.2 Å². The molecule has 2 aliphatic rings. The third kappa shape index (κ3) is 2.97. The minimum atomic E-state index is -0.644. The normalized spacial score (nSPS) is 17.3. The quantitative estimate of drug-likeness (QED) is 0.622. The molecule has 0 atom stereocenters. The summed E-state index contributed by atoms with van der Waals surface area (Å²) in [5.41, 5.74) is 3.83. The van der Waals surface area contributed by atoms with Gasteiger partial charge in [0.05, 0.1) is 18.7 Å². The molecule has 1 aromatic carbocycles. The molecular formula is C17H13FN4O2S. The van der Waals surface area contributed by atoms with Crippen LogP contribution in [0.15, 0.2) is 47.6 Å². The van der Waals surface area contributed by atoms with Crippen molar-refractivity contribution in [2.24, 2.45) is 0 Å². The summed E-state index contributed by atoms with van der Waals surface area (Å²) >= 11 is 1.39. The summed E-state index contributed by atoms with van der Waals surface area (Å²) in [6.07, 6.45) is 0.0653. The molecule has 1 saturated heterocycles. The molecule has 0 bridgehead atoms. The van der Waals surface area contributed by atoms with Crippen LogP contribution in [0.25, 0.3) is 10.6 Å². The van der Waals surface area contributed by atoms with E-state index >= 15 is 0 Å². The van der Waals surface area contributed by atoms with E-state index in [1.807, 2.05) is 30.3 Å². The van der Waals surface area contributed by atoms with Crippen LogP contribution >= 0.6 is 11.3 Å². The summed E-state index contributed by atoms with van der Waals surface area (Å²) in [7, 11) is 0. The Hall–Kier alpha value is -2.83. The van der Waals surface area contributed by atoms with Crippen LogP contribution in [0.3, 0.4) is 0 Å². The monoisotopic (exact) mass is 356 g/mol. The summed E-state index contributed by atoms with van der Waals surface area (Å²) in [5.74, 6) is -1.64. The molecule has 2 heterocycles. The summed E-state index contributed by atoms with van der Waals surface area (Å²) in [6, 6.07) is 9.65. The minimum absolute atomic E-state index is 0.0653. The van der Waals surface area contributed by atoms with Gasteiger partial charge in [-0.3, -0.25) is 14.5 Å². The number of benzene rings is 1. The van der Waals surface area contributed by atoms with Crippen molar-refractivity contribution < 1.29 is 14.0 Å². The van der Waals surface area contributed by atoms with Gasteiger partial charge in [0.1, 0.15) is 10.0 Å². The maximum atomic E-state index is 12.8. The van der Waals surface area contributed by atoms with Crippen LogP contribution in [0.4, 0.5) is 4.39 Å². The Morgan fingerprint density at radius 2 is 1.88 bits per heavy atom. The van der Waals surface area contributed by atoms with E-state index in [1.54, 1.807) is 0 Å². The van der Waals surface area contributed by atoms with E-state index < -0.39 is 11.8 Å². The predicted octanol–water partition coefficient (Wildman–Crippen LogP) is 2.12. The molecule has 2 aromatic rings. The fourth-order valence-electron chi connectivity index (χ4n) is 2.71. The highest BCUT2D eigenvalue weighted by Gasteiger charge is 2.36. The average molecular weight is 356 g/mol. The van der Waals surface area contributed by atoms with Crippen molar-refractivity contribution in [3.63, 3.8) is 0 Å². The number of piperazine rings is 1. The van der Waals surface area contributed by atoms with Gasteiger partial charge < -0.3 is 4.90 Å². The van der Waals surface area contributed by atoms with Gasteiger partial charge in [0, 0.05) is 18.7 Å². The Morgan fingerprint density at radius 3 is 2.60 bits per heavy atom. The summed E-state index contributed by atoms with van der Waals surface area (Å²) in [5, 5.41) is 9.70. The molecule has 0 radical (unpaired) electrons. The van der Waals surface area contributed by atoms with Crippen LogP contribution in [0.5, 0.6) is 0 Å². The highest BCUT2D eigenvalue weighted by Crippen LogP contribution is 2.27. The third-order valence-electron chi connectivity index (χ3n) is 4.05. The van der Waals surface area contributed by atoms with Crippen molar-refractivity contribution in [3.05, 3.63) is 52.6 Å². The molecule has 4 rings (SSSR count). The number of aromatic nitrogens is 2. The maximum Gasteiger partial charge on any atom is 0.316 e. The van der Waals surface area contributed by atoms with E-state index in [2.05, 4.69) is 15.9 Å². The molecule has 126 valence electrons. The molecule has 1 aromatic heterocycles. The lowest BCUT2D eigenvalue weighted by Gasteiger charge is -2.34. The summed E-state index contributed by atoms with van der Waals surface area (Å²) in [6.45, 7) is 0.953. The average Bonchev–Trinajstić information content (AvgIpc) is 3.06. The van der Waals surface area contributed by atoms with Gasteiger partial charge in [0.15, 0.2) is 5.83 Å². The number of rotatable bonds is 4. The molecule has 0 saturated carbocycles. The first-order valence-electron chi connectivity index (χ1n) is 7.74. The molecule has 2 amide bonds. The van der Waals surface area contributed by atoms with Gasteiger partial charge in [-0.25, -0.2) is 4.39 Å². The molecule has 1 aliphatic carbocycles. The van der Waals surface area contributed by atoms with Crippen LogP contribution in [0.1, 0.15) is 11.4 Å². The second kappa shape index (κ2) is 6.23. The smallest absolute Gasteiger partial charge is 0.316 e. The first kappa shape index (κ1) is 15.7. The lowest BCUT2D eigenvalue weighted by atomic mass is 10.1. The highest BCUT2D eigenvalue weighted by atomic mass is 32.1. The van der Waals surface area contributed by atoms with Crippen LogP contribution in [-0.2, 0) is 16.1 Å². The lowest BCUT2D eigenvalue weighted by Crippen LogP contribution is -2.53. The fourth-order valence-corrected chi connectivity index (χ4v) is 3.57. The zero-order chi connectivity index (χ0) is 17.4. The highest BCUT2D eigenvalue weighted by molar-refractivity contribution is 7.14. The van der Waals surface area contributed by atoms with Crippen molar-refractivity contribution in [1.82, 2.24) is 20.0 Å². The molecule has 0 unspecified atom stereocenters. The topological polar surface area (TPSA) is 66.4 Å². The summed E-state index contributed by atoms with van der Waals surface area (Å²) < 4.78 is 12.8. The van der Waals surface area contributed by atoms with Crippen molar-refractivity contribution in [1.29, 1.82) is 0 Å². The van der Waals surface area contributed by atoms with E-state index in [0.717, 1.165) is 10.6 Å². The molecule has 0 N–H and O–H groups in total. The van der Waals surface area contributed by atoms with E-state index in [0.29, 0.717) is 23.8 Å². The van der Waals surface area contributed by atoms with Gasteiger partial charge in [-0.1, -0.05) is 47.4 Å². The number of carbonyl (C=O) groups excluding carboxylic acids is 2. The zero-order valence-electron chi connectivity index (χ0n) is 13.1. The molecule has 6 nitrogen and oxygen atoms in total. The van der Waals surface area contributed by atoms with E-state index in [4.69, 9.17) is 0 Å².